The van der Waals surface area contributed by atoms with Gasteiger partial charge in [-0.05, 0) is 6.07 Å². The fourth-order valence-electron chi connectivity index (χ4n) is 1.60. The van der Waals surface area contributed by atoms with Gasteiger partial charge >= 0.3 is 5.69 Å². The standard InChI is InChI=1S/C9H11FN3O3/c10-5-3-8(16-6(5)4-14)13-2-1-7(11)12-9(13)15/h1-2,4-6,8,14H,3H2,(H2,11,12,15)/t5?,6-,8-/m1/s1. The zero-order chi connectivity index (χ0) is 11.7. The number of rotatable bonds is 2. The Hall–Kier alpha value is -1.47. The molecule has 0 aromatic carbocycles. The molecule has 3 N–H and O–H groups in total. The first-order chi connectivity index (χ1) is 7.61. The Morgan fingerprint density at radius 1 is 1.75 bits per heavy atom. The van der Waals surface area contributed by atoms with E-state index >= 15 is 0 Å². The lowest BCUT2D eigenvalue weighted by Crippen LogP contribution is -2.27. The fourth-order valence-corrected chi connectivity index (χ4v) is 1.60. The molecule has 0 spiro atoms. The number of hydrogen-bond donors (Lipinski definition) is 2. The van der Waals surface area contributed by atoms with Gasteiger partial charge in [0.2, 0.25) is 0 Å². The Bertz CT molecular complexity index is 436. The molecular weight excluding hydrogens is 217 g/mol. The minimum absolute atomic E-state index is 0.00671. The smallest absolute Gasteiger partial charge is 0.351 e. The molecule has 0 bridgehead atoms. The third kappa shape index (κ3) is 1.91. The van der Waals surface area contributed by atoms with E-state index in [0.29, 0.717) is 6.61 Å². The molecule has 0 aliphatic carbocycles. The highest BCUT2D eigenvalue weighted by atomic mass is 19.1. The Kier molecular flexibility index (Phi) is 2.88. The Balaban J connectivity index is 2.23. The lowest BCUT2D eigenvalue weighted by atomic mass is 10.2. The maximum absolute atomic E-state index is 13.3. The number of nitrogens with zero attached hydrogens (tertiary/aromatic N) is 2. The first-order valence-corrected chi connectivity index (χ1v) is 4.73. The van der Waals surface area contributed by atoms with Gasteiger partial charge in [0.05, 0.1) is 0 Å². The molecule has 1 aromatic heterocycles. The SMILES string of the molecule is Nc1ccn([C@H]2CC(F)[C@@H]([CH]O)O2)c(=O)n1. The summed E-state index contributed by atoms with van der Waals surface area (Å²) in [5.74, 6) is 0.0984. The highest BCUT2D eigenvalue weighted by Crippen LogP contribution is 2.30. The minimum atomic E-state index is -1.33. The van der Waals surface area contributed by atoms with Crippen molar-refractivity contribution >= 4 is 5.82 Å². The predicted molar refractivity (Wildman–Crippen MR) is 52.6 cm³/mol. The summed E-state index contributed by atoms with van der Waals surface area (Å²) in [6.45, 7) is 0.639. The molecule has 6 nitrogen and oxygen atoms in total. The Morgan fingerprint density at radius 3 is 3.06 bits per heavy atom. The Labute approximate surface area is 90.5 Å². The molecule has 7 heteroatoms. The number of nitrogens with two attached hydrogens (primary N) is 1. The van der Waals surface area contributed by atoms with Crippen LogP contribution in [0.1, 0.15) is 12.6 Å². The van der Waals surface area contributed by atoms with Crippen molar-refractivity contribution in [3.05, 3.63) is 29.4 Å². The highest BCUT2D eigenvalue weighted by molar-refractivity contribution is 5.23. The number of aromatic nitrogens is 2. The number of aliphatic hydroxyl groups excluding tert-OH is 1. The van der Waals surface area contributed by atoms with Gasteiger partial charge in [0.1, 0.15) is 30.9 Å². The summed E-state index contributed by atoms with van der Waals surface area (Å²) in [5.41, 5.74) is 4.72. The molecule has 16 heavy (non-hydrogen) atoms. The van der Waals surface area contributed by atoms with Crippen molar-refractivity contribution in [2.24, 2.45) is 0 Å². The third-order valence-corrected chi connectivity index (χ3v) is 2.41. The van der Waals surface area contributed by atoms with Gasteiger partial charge in [-0.2, -0.15) is 4.98 Å². The van der Waals surface area contributed by atoms with Crippen molar-refractivity contribution in [2.45, 2.75) is 24.9 Å². The van der Waals surface area contributed by atoms with Crippen LogP contribution in [0.4, 0.5) is 10.2 Å². The molecule has 1 fully saturated rings. The molecule has 2 heterocycles. The normalized spacial score (nSPS) is 29.5. The summed E-state index contributed by atoms with van der Waals surface area (Å²) in [7, 11) is 0. The van der Waals surface area contributed by atoms with Crippen LogP contribution in [0.15, 0.2) is 17.1 Å². The summed E-state index contributed by atoms with van der Waals surface area (Å²) in [6.07, 6.45) is -1.72. The highest BCUT2D eigenvalue weighted by Gasteiger charge is 2.36. The van der Waals surface area contributed by atoms with Gasteiger partial charge in [0.15, 0.2) is 0 Å². The van der Waals surface area contributed by atoms with Crippen LogP contribution >= 0.6 is 0 Å². The van der Waals surface area contributed by atoms with Crippen LogP contribution in [0.3, 0.4) is 0 Å². The summed E-state index contributed by atoms with van der Waals surface area (Å²) in [4.78, 5) is 14.9. The third-order valence-electron chi connectivity index (χ3n) is 2.41. The largest absolute Gasteiger partial charge is 0.387 e. The number of hydrogen-bond acceptors (Lipinski definition) is 5. The number of alkyl halides is 1. The molecule has 1 unspecified atom stereocenters. The Morgan fingerprint density at radius 2 is 2.50 bits per heavy atom. The fraction of sp³-hybridized carbons (Fsp3) is 0.444. The van der Waals surface area contributed by atoms with Crippen molar-refractivity contribution in [1.82, 2.24) is 9.55 Å². The van der Waals surface area contributed by atoms with Crippen molar-refractivity contribution in [3.63, 3.8) is 0 Å². The number of ether oxygens (including phenoxy) is 1. The molecule has 87 valence electrons. The zero-order valence-corrected chi connectivity index (χ0v) is 8.28. The van der Waals surface area contributed by atoms with Crippen LogP contribution in [-0.4, -0.2) is 26.9 Å². The molecule has 1 aliphatic heterocycles. The van der Waals surface area contributed by atoms with E-state index < -0.39 is 24.2 Å². The van der Waals surface area contributed by atoms with E-state index in [1.807, 2.05) is 0 Å². The number of halogens is 1. The zero-order valence-electron chi connectivity index (χ0n) is 8.28. The van der Waals surface area contributed by atoms with Gasteiger partial charge in [0, 0.05) is 12.6 Å². The van der Waals surface area contributed by atoms with Crippen molar-refractivity contribution in [1.29, 1.82) is 0 Å². The van der Waals surface area contributed by atoms with Crippen LogP contribution in [0.2, 0.25) is 0 Å². The van der Waals surface area contributed by atoms with E-state index in [4.69, 9.17) is 15.6 Å². The van der Waals surface area contributed by atoms with Crippen molar-refractivity contribution in [2.75, 3.05) is 5.73 Å². The first kappa shape index (κ1) is 11.0. The summed E-state index contributed by atoms with van der Waals surface area (Å²) >= 11 is 0. The van der Waals surface area contributed by atoms with Crippen LogP contribution in [-0.2, 0) is 4.74 Å². The molecule has 0 saturated carbocycles. The van der Waals surface area contributed by atoms with Crippen LogP contribution < -0.4 is 11.4 Å². The van der Waals surface area contributed by atoms with Gasteiger partial charge < -0.3 is 15.6 Å². The molecule has 0 amide bonds. The van der Waals surface area contributed by atoms with Gasteiger partial charge in [-0.15, -0.1) is 0 Å². The maximum Gasteiger partial charge on any atom is 0.351 e. The van der Waals surface area contributed by atoms with Crippen LogP contribution in [0.25, 0.3) is 0 Å². The van der Waals surface area contributed by atoms with E-state index in [0.717, 1.165) is 4.57 Å². The number of nitrogen functional groups attached to an aromatic ring is 1. The second-order valence-corrected chi connectivity index (χ2v) is 3.50. The molecule has 1 aliphatic rings. The lowest BCUT2D eigenvalue weighted by molar-refractivity contribution is -0.0135. The predicted octanol–water partition coefficient (Wildman–Crippen LogP) is -0.0146. The average Bonchev–Trinajstić information content (AvgIpc) is 2.59. The van der Waals surface area contributed by atoms with Crippen molar-refractivity contribution in [3.8, 4) is 0 Å². The maximum atomic E-state index is 13.3. The minimum Gasteiger partial charge on any atom is -0.387 e. The summed E-state index contributed by atoms with van der Waals surface area (Å²) in [6, 6.07) is 1.42. The average molecular weight is 228 g/mol. The van der Waals surface area contributed by atoms with Gasteiger partial charge in [-0.25, -0.2) is 9.18 Å². The topological polar surface area (TPSA) is 90.4 Å². The number of anilines is 1. The summed E-state index contributed by atoms with van der Waals surface area (Å²) < 4.78 is 19.5. The van der Waals surface area contributed by atoms with Gasteiger partial charge in [-0.3, -0.25) is 4.57 Å². The van der Waals surface area contributed by atoms with Crippen LogP contribution in [0, 0.1) is 6.61 Å². The summed E-state index contributed by atoms with van der Waals surface area (Å²) in [5, 5.41) is 8.70. The molecule has 1 radical (unpaired) electrons. The quantitative estimate of drug-likeness (QED) is 0.742. The van der Waals surface area contributed by atoms with Gasteiger partial charge in [0.25, 0.3) is 0 Å². The van der Waals surface area contributed by atoms with E-state index in [1.54, 1.807) is 0 Å². The molecular formula is C9H11FN3O3. The molecule has 3 atom stereocenters. The molecule has 1 saturated heterocycles. The van der Waals surface area contributed by atoms with E-state index in [9.17, 15) is 9.18 Å². The van der Waals surface area contributed by atoms with Crippen LogP contribution in [0.5, 0.6) is 0 Å². The van der Waals surface area contributed by atoms with E-state index in [2.05, 4.69) is 4.98 Å². The van der Waals surface area contributed by atoms with E-state index in [1.165, 1.54) is 12.3 Å². The second-order valence-electron chi connectivity index (χ2n) is 3.50. The van der Waals surface area contributed by atoms with Crippen molar-refractivity contribution < 1.29 is 14.2 Å². The second kappa shape index (κ2) is 4.18. The van der Waals surface area contributed by atoms with E-state index in [-0.39, 0.29) is 12.2 Å². The van der Waals surface area contributed by atoms with Gasteiger partial charge in [-0.1, -0.05) is 0 Å². The number of aliphatic hydroxyl groups is 1. The monoisotopic (exact) mass is 228 g/mol. The first-order valence-electron chi connectivity index (χ1n) is 4.73. The molecule has 2 rings (SSSR count). The lowest BCUT2D eigenvalue weighted by Gasteiger charge is -2.13. The molecule has 1 aromatic rings.